The van der Waals surface area contributed by atoms with Crippen LogP contribution in [0.1, 0.15) is 0 Å². The second-order valence-electron chi connectivity index (χ2n) is 7.29. The molecule has 5 aromatic rings. The highest BCUT2D eigenvalue weighted by Crippen LogP contribution is 2.41. The van der Waals surface area contributed by atoms with Gasteiger partial charge in [-0.05, 0) is 35.9 Å². The lowest BCUT2D eigenvalue weighted by atomic mass is 10.1. The number of hydrogen-bond donors (Lipinski definition) is 2. The van der Waals surface area contributed by atoms with Gasteiger partial charge in [0.2, 0.25) is 11.5 Å². The number of pyridine rings is 1. The third kappa shape index (κ3) is 3.69. The van der Waals surface area contributed by atoms with Crippen molar-refractivity contribution in [1.82, 2.24) is 20.1 Å². The zero-order valence-electron chi connectivity index (χ0n) is 18.2. The number of H-pyrrole nitrogens is 1. The van der Waals surface area contributed by atoms with Crippen LogP contribution in [0.15, 0.2) is 59.3 Å². The van der Waals surface area contributed by atoms with Gasteiger partial charge in [0, 0.05) is 29.1 Å². The Bertz CT molecular complexity index is 1410. The van der Waals surface area contributed by atoms with E-state index in [0.29, 0.717) is 45.9 Å². The first-order valence-electron chi connectivity index (χ1n) is 10.1. The summed E-state index contributed by atoms with van der Waals surface area (Å²) >= 11 is 0. The maximum Gasteiger partial charge on any atom is 0.203 e. The molecule has 0 saturated heterocycles. The lowest BCUT2D eigenvalue weighted by molar-refractivity contribution is 0.324. The summed E-state index contributed by atoms with van der Waals surface area (Å²) in [7, 11) is 4.69. The summed E-state index contributed by atoms with van der Waals surface area (Å²) in [6.07, 6.45) is 1.78. The van der Waals surface area contributed by atoms with Crippen molar-refractivity contribution in [2.75, 3.05) is 27.1 Å². The van der Waals surface area contributed by atoms with Crippen LogP contribution in [-0.4, -0.2) is 41.4 Å². The number of fused-ring (bicyclic) bond motifs is 1. The Morgan fingerprint density at radius 1 is 0.848 bits per heavy atom. The van der Waals surface area contributed by atoms with Gasteiger partial charge in [0.1, 0.15) is 5.69 Å². The maximum absolute atomic E-state index is 5.79. The van der Waals surface area contributed by atoms with Crippen molar-refractivity contribution in [1.29, 1.82) is 0 Å². The van der Waals surface area contributed by atoms with E-state index in [1.807, 2.05) is 42.5 Å². The van der Waals surface area contributed by atoms with Gasteiger partial charge in [-0.15, -0.1) is 0 Å². The summed E-state index contributed by atoms with van der Waals surface area (Å²) in [6.45, 7) is 0. The minimum atomic E-state index is 0.478. The van der Waals surface area contributed by atoms with Crippen LogP contribution in [0.5, 0.6) is 17.2 Å². The Labute approximate surface area is 189 Å². The number of methoxy groups -OCH3 is 3. The van der Waals surface area contributed by atoms with Crippen LogP contribution in [0.3, 0.4) is 0 Å². The van der Waals surface area contributed by atoms with Gasteiger partial charge in [-0.1, -0.05) is 17.3 Å². The van der Waals surface area contributed by atoms with Crippen LogP contribution in [0, 0.1) is 0 Å². The van der Waals surface area contributed by atoms with E-state index in [0.717, 1.165) is 22.2 Å². The summed E-state index contributed by atoms with van der Waals surface area (Å²) in [4.78, 5) is 12.3. The fourth-order valence-electron chi connectivity index (χ4n) is 3.60. The zero-order valence-corrected chi connectivity index (χ0v) is 18.2. The molecular weight excluding hydrogens is 422 g/mol. The van der Waals surface area contributed by atoms with Gasteiger partial charge in [-0.25, -0.2) is 9.97 Å². The van der Waals surface area contributed by atoms with Crippen LogP contribution in [-0.2, 0) is 0 Å². The number of aromatic nitrogens is 4. The highest BCUT2D eigenvalue weighted by atomic mass is 16.5. The SMILES string of the molecule is COc1cc(-c2cc(-c3nc4ncc(-c5ccc(N)cc5)cc4[nH]3)on2)cc(OC)c1OC. The Morgan fingerprint density at radius 2 is 1.58 bits per heavy atom. The molecule has 0 fully saturated rings. The van der Waals surface area contributed by atoms with Crippen molar-refractivity contribution < 1.29 is 18.7 Å². The molecule has 33 heavy (non-hydrogen) atoms. The molecule has 0 atom stereocenters. The van der Waals surface area contributed by atoms with Crippen LogP contribution >= 0.6 is 0 Å². The second-order valence-corrected chi connectivity index (χ2v) is 7.29. The monoisotopic (exact) mass is 443 g/mol. The number of nitrogens with two attached hydrogens (primary N) is 1. The molecule has 9 nitrogen and oxygen atoms in total. The third-order valence-electron chi connectivity index (χ3n) is 5.29. The Hall–Kier alpha value is -4.53. The molecule has 9 heteroatoms. The normalized spacial score (nSPS) is 11.0. The number of anilines is 1. The van der Waals surface area contributed by atoms with E-state index >= 15 is 0 Å². The average Bonchev–Trinajstić information content (AvgIpc) is 3.50. The molecule has 0 aliphatic heterocycles. The van der Waals surface area contributed by atoms with Crippen molar-refractivity contribution in [2.24, 2.45) is 0 Å². The number of nitrogen functional groups attached to an aromatic ring is 1. The lowest BCUT2D eigenvalue weighted by Crippen LogP contribution is -1.95. The van der Waals surface area contributed by atoms with Crippen molar-refractivity contribution in [3.8, 4) is 51.2 Å². The van der Waals surface area contributed by atoms with Crippen LogP contribution in [0.2, 0.25) is 0 Å². The molecule has 166 valence electrons. The fraction of sp³-hybridized carbons (Fsp3) is 0.125. The molecule has 2 aromatic carbocycles. The predicted molar refractivity (Wildman–Crippen MR) is 124 cm³/mol. The zero-order chi connectivity index (χ0) is 22.9. The highest BCUT2D eigenvalue weighted by molar-refractivity contribution is 5.81. The Morgan fingerprint density at radius 3 is 2.24 bits per heavy atom. The first-order chi connectivity index (χ1) is 16.1. The maximum atomic E-state index is 5.79. The first kappa shape index (κ1) is 20.4. The van der Waals surface area contributed by atoms with Gasteiger partial charge in [0.25, 0.3) is 0 Å². The van der Waals surface area contributed by atoms with Crippen LogP contribution < -0.4 is 19.9 Å². The average molecular weight is 443 g/mol. The molecule has 3 heterocycles. The molecule has 3 aromatic heterocycles. The summed E-state index contributed by atoms with van der Waals surface area (Å²) in [5.74, 6) is 2.57. The predicted octanol–water partition coefficient (Wildman–Crippen LogP) is 4.55. The minimum Gasteiger partial charge on any atom is -0.493 e. The van der Waals surface area contributed by atoms with Gasteiger partial charge >= 0.3 is 0 Å². The van der Waals surface area contributed by atoms with E-state index in [1.54, 1.807) is 33.6 Å². The minimum absolute atomic E-state index is 0.478. The van der Waals surface area contributed by atoms with Gasteiger partial charge in [-0.3, -0.25) is 0 Å². The number of nitrogens with zero attached hydrogens (tertiary/aromatic N) is 3. The van der Waals surface area contributed by atoms with Gasteiger partial charge in [0.15, 0.2) is 23.0 Å². The summed E-state index contributed by atoms with van der Waals surface area (Å²) in [6, 6.07) is 15.0. The standard InChI is InChI=1S/C24H21N5O4/c1-30-19-9-14(10-20(31-2)22(19)32-3)17-11-21(33-29-17)24-27-18-8-15(12-26-23(18)28-24)13-4-6-16(25)7-5-13/h4-12H,25H2,1-3H3,(H,26,27,28). The topological polar surface area (TPSA) is 121 Å². The number of benzene rings is 2. The molecule has 0 spiro atoms. The molecule has 0 aliphatic carbocycles. The van der Waals surface area contributed by atoms with E-state index in [4.69, 9.17) is 24.5 Å². The number of rotatable bonds is 6. The van der Waals surface area contributed by atoms with E-state index in [-0.39, 0.29) is 0 Å². The molecule has 0 aliphatic rings. The number of hydrogen-bond acceptors (Lipinski definition) is 8. The quantitative estimate of drug-likeness (QED) is 0.367. The number of imidazole rings is 1. The lowest BCUT2D eigenvalue weighted by Gasteiger charge is -2.13. The van der Waals surface area contributed by atoms with E-state index in [2.05, 4.69) is 20.1 Å². The molecule has 0 radical (unpaired) electrons. The highest BCUT2D eigenvalue weighted by Gasteiger charge is 2.18. The Balaban J connectivity index is 1.50. The first-order valence-corrected chi connectivity index (χ1v) is 10.1. The summed E-state index contributed by atoms with van der Waals surface area (Å²) in [5.41, 5.74) is 11.2. The van der Waals surface area contributed by atoms with Crippen molar-refractivity contribution in [2.45, 2.75) is 0 Å². The Kier molecular flexibility index (Phi) is 5.06. The molecule has 5 rings (SSSR count). The fourth-order valence-corrected chi connectivity index (χ4v) is 3.60. The number of ether oxygens (including phenoxy) is 3. The molecule has 0 bridgehead atoms. The van der Waals surface area contributed by atoms with Crippen molar-refractivity contribution in [3.63, 3.8) is 0 Å². The van der Waals surface area contributed by atoms with Gasteiger partial charge in [0.05, 0.1) is 26.8 Å². The molecule has 0 unspecified atom stereocenters. The van der Waals surface area contributed by atoms with E-state index in [1.165, 1.54) is 0 Å². The number of nitrogens with one attached hydrogen (secondary N) is 1. The molecule has 0 amide bonds. The van der Waals surface area contributed by atoms with Crippen molar-refractivity contribution >= 4 is 16.9 Å². The summed E-state index contributed by atoms with van der Waals surface area (Å²) in [5, 5.41) is 4.19. The van der Waals surface area contributed by atoms with Gasteiger partial charge in [-0.2, -0.15) is 0 Å². The third-order valence-corrected chi connectivity index (χ3v) is 5.29. The smallest absolute Gasteiger partial charge is 0.203 e. The van der Waals surface area contributed by atoms with Gasteiger partial charge < -0.3 is 29.5 Å². The second kappa shape index (κ2) is 8.19. The van der Waals surface area contributed by atoms with Crippen LogP contribution in [0.4, 0.5) is 5.69 Å². The van der Waals surface area contributed by atoms with Crippen molar-refractivity contribution in [3.05, 3.63) is 54.7 Å². The summed E-state index contributed by atoms with van der Waals surface area (Å²) < 4.78 is 21.8. The largest absolute Gasteiger partial charge is 0.493 e. The van der Waals surface area contributed by atoms with Crippen LogP contribution in [0.25, 0.3) is 45.1 Å². The molecule has 3 N–H and O–H groups in total. The van der Waals surface area contributed by atoms with E-state index in [9.17, 15) is 0 Å². The molecule has 0 saturated carbocycles. The molecular formula is C24H21N5O4. The van der Waals surface area contributed by atoms with E-state index < -0.39 is 0 Å². The number of aromatic amines is 1.